The van der Waals surface area contributed by atoms with Crippen molar-refractivity contribution in [1.29, 1.82) is 0 Å². The van der Waals surface area contributed by atoms with Crippen LogP contribution in [0.2, 0.25) is 0 Å². The molecular formula is C35H47N9O2. The highest BCUT2D eigenvalue weighted by atomic mass is 16.2. The Labute approximate surface area is 270 Å². The number of anilines is 2. The number of aromatic nitrogens is 4. The fourth-order valence-electron chi connectivity index (χ4n) is 7.25. The van der Waals surface area contributed by atoms with E-state index in [-0.39, 0.29) is 11.3 Å². The summed E-state index contributed by atoms with van der Waals surface area (Å²) in [6, 6.07) is 14.5. The van der Waals surface area contributed by atoms with Crippen molar-refractivity contribution < 1.29 is 0 Å². The normalized spacial score (nSPS) is 18.3. The first-order valence-corrected chi connectivity index (χ1v) is 17.2. The summed E-state index contributed by atoms with van der Waals surface area (Å²) in [7, 11) is 2.16. The van der Waals surface area contributed by atoms with Gasteiger partial charge in [0.05, 0.1) is 11.0 Å². The predicted molar refractivity (Wildman–Crippen MR) is 185 cm³/mol. The number of nitrogens with one attached hydrogen (secondary N) is 1. The lowest BCUT2D eigenvalue weighted by Gasteiger charge is -2.34. The van der Waals surface area contributed by atoms with Gasteiger partial charge in [-0.25, -0.2) is 9.78 Å². The SMILES string of the molecule is CN1CCN(c2ccc(-n3c4nc(=O)n(CCCN5CCCC5)c(=O)c-4nc4ccc(NCCCN5CCCC5)cc43)cc2)CC1. The zero-order valence-electron chi connectivity index (χ0n) is 27.2. The summed E-state index contributed by atoms with van der Waals surface area (Å²) in [6.45, 7) is 11.8. The van der Waals surface area contributed by atoms with Gasteiger partial charge in [0.1, 0.15) is 0 Å². The topological polar surface area (TPSA) is 94.8 Å². The van der Waals surface area contributed by atoms with Crippen LogP contribution in [0.3, 0.4) is 0 Å². The second-order valence-corrected chi connectivity index (χ2v) is 13.2. The van der Waals surface area contributed by atoms with Crippen molar-refractivity contribution in [3.8, 4) is 17.2 Å². The number of benzene rings is 2. The Morgan fingerprint density at radius 3 is 2.07 bits per heavy atom. The lowest BCUT2D eigenvalue weighted by Crippen LogP contribution is -2.44. The number of likely N-dealkylation sites (tertiary alicyclic amines) is 2. The number of nitrogens with zero attached hydrogens (tertiary/aromatic N) is 8. The molecule has 11 heteroatoms. The summed E-state index contributed by atoms with van der Waals surface area (Å²) < 4.78 is 3.21. The minimum absolute atomic E-state index is 0.225. The maximum Gasteiger partial charge on any atom is 0.352 e. The van der Waals surface area contributed by atoms with E-state index in [0.29, 0.717) is 17.9 Å². The van der Waals surface area contributed by atoms with Gasteiger partial charge in [0, 0.05) is 56.3 Å². The van der Waals surface area contributed by atoms with Gasteiger partial charge in [0.15, 0.2) is 11.5 Å². The maximum absolute atomic E-state index is 13.8. The molecule has 2 aromatic rings. The molecule has 0 atom stereocenters. The molecule has 0 aromatic heterocycles. The highest BCUT2D eigenvalue weighted by molar-refractivity contribution is 5.85. The van der Waals surface area contributed by atoms with Crippen LogP contribution in [0.5, 0.6) is 0 Å². The quantitative estimate of drug-likeness (QED) is 0.199. The molecule has 2 aromatic carbocycles. The van der Waals surface area contributed by atoms with Crippen LogP contribution in [0, 0.1) is 0 Å². The maximum atomic E-state index is 13.8. The summed E-state index contributed by atoms with van der Waals surface area (Å²) in [4.78, 5) is 46.3. The molecule has 11 nitrogen and oxygen atoms in total. The van der Waals surface area contributed by atoms with E-state index in [1.807, 2.05) is 16.7 Å². The van der Waals surface area contributed by atoms with E-state index in [9.17, 15) is 9.59 Å². The number of likely N-dealkylation sites (N-methyl/N-ethyl adjacent to an activating group) is 1. The Kier molecular flexibility index (Phi) is 9.32. The number of rotatable bonds is 11. The molecule has 5 heterocycles. The van der Waals surface area contributed by atoms with Crippen molar-refractivity contribution in [3.05, 3.63) is 63.3 Å². The smallest absolute Gasteiger partial charge is 0.352 e. The largest absolute Gasteiger partial charge is 0.385 e. The molecule has 244 valence electrons. The van der Waals surface area contributed by atoms with Crippen LogP contribution < -0.4 is 21.5 Å². The monoisotopic (exact) mass is 625 g/mol. The van der Waals surface area contributed by atoms with E-state index in [4.69, 9.17) is 4.98 Å². The molecule has 0 radical (unpaired) electrons. The standard InChI is InChI=1S/C35H47N9O2/c1-39-22-24-42(25-23-39)28-9-11-29(12-10-28)44-31-26-27(36-14-6-19-40-15-2-3-16-40)8-13-30(31)37-32-33(44)38-35(46)43(34(32)45)21-7-20-41-17-4-5-18-41/h8-13,26,36H,2-7,14-25H2,1H3. The lowest BCUT2D eigenvalue weighted by molar-refractivity contribution is 0.313. The Morgan fingerprint density at radius 2 is 1.37 bits per heavy atom. The van der Waals surface area contributed by atoms with Crippen LogP contribution in [-0.4, -0.2) is 113 Å². The van der Waals surface area contributed by atoms with E-state index in [1.165, 1.54) is 49.0 Å². The van der Waals surface area contributed by atoms with Crippen LogP contribution >= 0.6 is 0 Å². The van der Waals surface area contributed by atoms with Gasteiger partial charge in [-0.15, -0.1) is 0 Å². The molecule has 0 amide bonds. The molecule has 46 heavy (non-hydrogen) atoms. The summed E-state index contributed by atoms with van der Waals surface area (Å²) in [6.07, 6.45) is 6.84. The van der Waals surface area contributed by atoms with Crippen LogP contribution in [0.15, 0.2) is 52.1 Å². The van der Waals surface area contributed by atoms with E-state index in [2.05, 4.69) is 67.3 Å². The molecule has 3 fully saturated rings. The summed E-state index contributed by atoms with van der Waals surface area (Å²) >= 11 is 0. The molecule has 5 aliphatic rings. The third-order valence-electron chi connectivity index (χ3n) is 9.96. The Hall–Kier alpha value is -3.80. The molecular weight excluding hydrogens is 578 g/mol. The Bertz CT molecular complexity index is 1710. The van der Waals surface area contributed by atoms with Gasteiger partial charge < -0.3 is 24.9 Å². The van der Waals surface area contributed by atoms with Crippen molar-refractivity contribution in [2.24, 2.45) is 0 Å². The molecule has 0 spiro atoms. The minimum Gasteiger partial charge on any atom is -0.385 e. The Morgan fingerprint density at radius 1 is 0.717 bits per heavy atom. The van der Waals surface area contributed by atoms with E-state index >= 15 is 0 Å². The first kappa shape index (κ1) is 30.8. The third kappa shape index (κ3) is 6.67. The van der Waals surface area contributed by atoms with Gasteiger partial charge in [0.2, 0.25) is 0 Å². The van der Waals surface area contributed by atoms with Crippen LogP contribution in [0.1, 0.15) is 38.5 Å². The number of piperazine rings is 1. The van der Waals surface area contributed by atoms with Gasteiger partial charge in [-0.3, -0.25) is 13.9 Å². The highest BCUT2D eigenvalue weighted by Gasteiger charge is 2.24. The van der Waals surface area contributed by atoms with E-state index in [1.54, 1.807) is 0 Å². The third-order valence-corrected chi connectivity index (χ3v) is 9.96. The summed E-state index contributed by atoms with van der Waals surface area (Å²) in [5.41, 5.74) is 3.84. The number of fused-ring (bicyclic) bond motifs is 2. The van der Waals surface area contributed by atoms with Crippen molar-refractivity contribution in [1.82, 2.24) is 33.8 Å². The summed E-state index contributed by atoms with van der Waals surface area (Å²) in [5.74, 6) is 0.303. The van der Waals surface area contributed by atoms with Crippen LogP contribution in [0.4, 0.5) is 11.4 Å². The van der Waals surface area contributed by atoms with Crippen LogP contribution in [-0.2, 0) is 6.54 Å². The zero-order chi connectivity index (χ0) is 31.5. The fourth-order valence-corrected chi connectivity index (χ4v) is 7.25. The second kappa shape index (κ2) is 13.9. The van der Waals surface area contributed by atoms with Crippen molar-refractivity contribution in [2.45, 2.75) is 45.1 Å². The first-order valence-electron chi connectivity index (χ1n) is 17.2. The van der Waals surface area contributed by atoms with Gasteiger partial charge in [-0.05, 0) is 127 Å². The van der Waals surface area contributed by atoms with Crippen LogP contribution in [0.25, 0.3) is 28.2 Å². The molecule has 7 rings (SSSR count). The van der Waals surface area contributed by atoms with Gasteiger partial charge in [-0.1, -0.05) is 0 Å². The number of hydrogen-bond donors (Lipinski definition) is 1. The Balaban J connectivity index is 1.23. The van der Waals surface area contributed by atoms with E-state index in [0.717, 1.165) is 88.6 Å². The molecule has 3 saturated heterocycles. The average molecular weight is 626 g/mol. The molecule has 0 bridgehead atoms. The van der Waals surface area contributed by atoms with Crippen molar-refractivity contribution in [3.63, 3.8) is 0 Å². The molecule has 0 aliphatic carbocycles. The molecule has 1 N–H and O–H groups in total. The van der Waals surface area contributed by atoms with Gasteiger partial charge in [-0.2, -0.15) is 4.98 Å². The first-order chi connectivity index (χ1) is 22.5. The van der Waals surface area contributed by atoms with Gasteiger partial charge in [0.25, 0.3) is 5.56 Å². The van der Waals surface area contributed by atoms with Crippen molar-refractivity contribution in [2.75, 3.05) is 89.3 Å². The van der Waals surface area contributed by atoms with Gasteiger partial charge >= 0.3 is 5.69 Å². The van der Waals surface area contributed by atoms with E-state index < -0.39 is 5.69 Å². The highest BCUT2D eigenvalue weighted by Crippen LogP contribution is 2.29. The molecule has 0 saturated carbocycles. The second-order valence-electron chi connectivity index (χ2n) is 13.2. The summed E-state index contributed by atoms with van der Waals surface area (Å²) in [5, 5.41) is 3.59. The average Bonchev–Trinajstić information content (AvgIpc) is 3.80. The molecule has 5 aliphatic heterocycles. The van der Waals surface area contributed by atoms with Crippen molar-refractivity contribution >= 4 is 22.4 Å². The predicted octanol–water partition coefficient (Wildman–Crippen LogP) is 3.18. The molecule has 0 unspecified atom stereocenters. The fraction of sp³-hybridized carbons (Fsp3) is 0.543. The zero-order valence-corrected chi connectivity index (χ0v) is 27.2. The lowest BCUT2D eigenvalue weighted by atomic mass is 10.2. The minimum atomic E-state index is -0.515. The number of hydrogen-bond acceptors (Lipinski definition) is 9.